The molecule has 0 saturated carbocycles. The van der Waals surface area contributed by atoms with Gasteiger partial charge < -0.3 is 0 Å². The third-order valence-corrected chi connectivity index (χ3v) is 6.94. The summed E-state index contributed by atoms with van der Waals surface area (Å²) in [6.45, 7) is 3.88. The minimum atomic E-state index is 0.0493. The average molecular weight is 419 g/mol. The van der Waals surface area contributed by atoms with E-state index in [0.717, 1.165) is 44.8 Å². The Morgan fingerprint density at radius 1 is 1.33 bits per heavy atom. The lowest BCUT2D eigenvalue weighted by Gasteiger charge is -2.12. The molecule has 0 N–H and O–H groups in total. The number of fused-ring (bicyclic) bond motifs is 3. The van der Waals surface area contributed by atoms with E-state index in [1.807, 2.05) is 30.3 Å². The van der Waals surface area contributed by atoms with E-state index in [2.05, 4.69) is 22.5 Å². The van der Waals surface area contributed by atoms with Crippen LogP contribution in [0.25, 0.3) is 15.9 Å². The Hall–Kier alpha value is -1.37. The minimum Gasteiger partial charge on any atom is -0.268 e. The summed E-state index contributed by atoms with van der Waals surface area (Å²) >= 11 is 6.60. The van der Waals surface area contributed by atoms with Crippen LogP contribution in [0.2, 0.25) is 0 Å². The first kappa shape index (κ1) is 16.1. The van der Waals surface area contributed by atoms with Gasteiger partial charge >= 0.3 is 0 Å². The van der Waals surface area contributed by atoms with Crippen molar-refractivity contribution in [3.05, 3.63) is 62.2 Å². The first-order chi connectivity index (χ1) is 11.6. The molecular formula is C18H15BrN2OS2. The standard InChI is InChI=1S/C18H15BrN2OS2/c1-11(19)10-23-18-20-16-15(13-8-5-9-14(13)24-16)17(22)21(18)12-6-3-2-4-7-12/h2-4,6-7H,1,5,8-10H2. The van der Waals surface area contributed by atoms with Gasteiger partial charge in [0.05, 0.1) is 11.1 Å². The Morgan fingerprint density at radius 2 is 2.12 bits per heavy atom. The first-order valence-electron chi connectivity index (χ1n) is 7.74. The van der Waals surface area contributed by atoms with Gasteiger partial charge in [-0.1, -0.05) is 52.5 Å². The molecule has 0 amide bonds. The number of aromatic nitrogens is 2. The molecular weight excluding hydrogens is 404 g/mol. The van der Waals surface area contributed by atoms with Crippen LogP contribution in [0.4, 0.5) is 0 Å². The lowest BCUT2D eigenvalue weighted by molar-refractivity contribution is 0.821. The van der Waals surface area contributed by atoms with Crippen molar-refractivity contribution >= 4 is 49.2 Å². The van der Waals surface area contributed by atoms with E-state index in [0.29, 0.717) is 5.75 Å². The van der Waals surface area contributed by atoms with Gasteiger partial charge in [-0.2, -0.15) is 0 Å². The summed E-state index contributed by atoms with van der Waals surface area (Å²) in [5, 5.41) is 1.54. The lowest BCUT2D eigenvalue weighted by Crippen LogP contribution is -2.21. The third-order valence-electron chi connectivity index (χ3n) is 4.08. The first-order valence-corrected chi connectivity index (χ1v) is 10.3. The highest BCUT2D eigenvalue weighted by atomic mass is 79.9. The predicted molar refractivity (Wildman–Crippen MR) is 106 cm³/mol. The monoisotopic (exact) mass is 418 g/mol. The molecule has 2 aromatic heterocycles. The highest BCUT2D eigenvalue weighted by molar-refractivity contribution is 9.11. The van der Waals surface area contributed by atoms with Crippen LogP contribution in [0.3, 0.4) is 0 Å². The summed E-state index contributed by atoms with van der Waals surface area (Å²) in [4.78, 5) is 20.3. The molecule has 0 bridgehead atoms. The van der Waals surface area contributed by atoms with Crippen LogP contribution in [0.5, 0.6) is 0 Å². The van der Waals surface area contributed by atoms with Crippen molar-refractivity contribution in [2.24, 2.45) is 0 Å². The second kappa shape index (κ2) is 6.50. The van der Waals surface area contributed by atoms with Gasteiger partial charge in [-0.05, 0) is 41.4 Å². The number of halogens is 1. The number of hydrogen-bond donors (Lipinski definition) is 0. The zero-order valence-corrected chi connectivity index (χ0v) is 16.1. The fourth-order valence-corrected chi connectivity index (χ4v) is 5.48. The molecule has 4 rings (SSSR count). The fourth-order valence-electron chi connectivity index (χ4n) is 3.07. The van der Waals surface area contributed by atoms with Crippen LogP contribution >= 0.6 is 39.0 Å². The zero-order valence-electron chi connectivity index (χ0n) is 12.9. The normalized spacial score (nSPS) is 13.4. The summed E-state index contributed by atoms with van der Waals surface area (Å²) < 4.78 is 2.63. The largest absolute Gasteiger partial charge is 0.268 e. The van der Waals surface area contributed by atoms with Crippen molar-refractivity contribution in [3.63, 3.8) is 0 Å². The summed E-state index contributed by atoms with van der Waals surface area (Å²) in [5.41, 5.74) is 2.13. The number of thiophene rings is 1. The Balaban J connectivity index is 1.98. The van der Waals surface area contributed by atoms with Gasteiger partial charge in [-0.3, -0.25) is 9.36 Å². The van der Waals surface area contributed by atoms with Gasteiger partial charge in [0.1, 0.15) is 4.83 Å². The molecule has 3 nitrogen and oxygen atoms in total. The molecule has 0 aliphatic heterocycles. The van der Waals surface area contributed by atoms with Crippen LogP contribution in [0.1, 0.15) is 16.9 Å². The summed E-state index contributed by atoms with van der Waals surface area (Å²) in [6.07, 6.45) is 3.20. The minimum absolute atomic E-state index is 0.0493. The van der Waals surface area contributed by atoms with Gasteiger partial charge in [0.25, 0.3) is 5.56 Å². The van der Waals surface area contributed by atoms with E-state index in [1.165, 1.54) is 22.2 Å². The Morgan fingerprint density at radius 3 is 2.88 bits per heavy atom. The predicted octanol–water partition coefficient (Wildman–Crippen LogP) is 4.94. The molecule has 24 heavy (non-hydrogen) atoms. The molecule has 0 saturated heterocycles. The van der Waals surface area contributed by atoms with Crippen molar-refractivity contribution in [2.45, 2.75) is 24.4 Å². The van der Waals surface area contributed by atoms with E-state index in [1.54, 1.807) is 15.9 Å². The highest BCUT2D eigenvalue weighted by Crippen LogP contribution is 2.36. The topological polar surface area (TPSA) is 34.9 Å². The molecule has 2 heterocycles. The van der Waals surface area contributed by atoms with Gasteiger partial charge in [0, 0.05) is 10.6 Å². The van der Waals surface area contributed by atoms with Crippen LogP contribution in [-0.4, -0.2) is 15.3 Å². The van der Waals surface area contributed by atoms with Crippen molar-refractivity contribution < 1.29 is 0 Å². The van der Waals surface area contributed by atoms with Crippen LogP contribution in [-0.2, 0) is 12.8 Å². The quantitative estimate of drug-likeness (QED) is 0.444. The Kier molecular flexibility index (Phi) is 4.37. The molecule has 0 atom stereocenters. The molecule has 1 aliphatic carbocycles. The molecule has 1 aliphatic rings. The number of rotatable bonds is 4. The van der Waals surface area contributed by atoms with Crippen LogP contribution in [0, 0.1) is 0 Å². The number of hydrogen-bond acceptors (Lipinski definition) is 4. The maximum atomic E-state index is 13.3. The summed E-state index contributed by atoms with van der Waals surface area (Å²) in [7, 11) is 0. The van der Waals surface area contributed by atoms with Crippen molar-refractivity contribution in [1.82, 2.24) is 9.55 Å². The van der Waals surface area contributed by atoms with Crippen molar-refractivity contribution in [2.75, 3.05) is 5.75 Å². The van der Waals surface area contributed by atoms with E-state index in [-0.39, 0.29) is 5.56 Å². The van der Waals surface area contributed by atoms with E-state index in [4.69, 9.17) is 4.98 Å². The Labute approximate surface area is 156 Å². The highest BCUT2D eigenvalue weighted by Gasteiger charge is 2.23. The van der Waals surface area contributed by atoms with Crippen molar-refractivity contribution in [1.29, 1.82) is 0 Å². The SMILES string of the molecule is C=C(Br)CSc1nc2sc3c(c2c(=O)n1-c1ccccc1)CCC3. The van der Waals surface area contributed by atoms with Crippen LogP contribution in [0.15, 0.2) is 51.3 Å². The molecule has 3 aromatic rings. The van der Waals surface area contributed by atoms with Gasteiger partial charge in [-0.15, -0.1) is 11.3 Å². The van der Waals surface area contributed by atoms with Crippen LogP contribution < -0.4 is 5.56 Å². The second-order valence-corrected chi connectivity index (χ2v) is 8.86. The zero-order chi connectivity index (χ0) is 16.7. The Bertz CT molecular complexity index is 992. The fraction of sp³-hybridized carbons (Fsp3) is 0.222. The number of aryl methyl sites for hydroxylation is 2. The third kappa shape index (κ3) is 2.76. The molecule has 0 radical (unpaired) electrons. The molecule has 0 fully saturated rings. The summed E-state index contributed by atoms with van der Waals surface area (Å²) in [5.74, 6) is 0.676. The molecule has 1 aromatic carbocycles. The van der Waals surface area contributed by atoms with E-state index >= 15 is 0 Å². The van der Waals surface area contributed by atoms with E-state index in [9.17, 15) is 4.79 Å². The summed E-state index contributed by atoms with van der Waals surface area (Å²) in [6, 6.07) is 9.75. The van der Waals surface area contributed by atoms with Gasteiger partial charge in [0.15, 0.2) is 5.16 Å². The smallest absolute Gasteiger partial charge is 0.267 e. The van der Waals surface area contributed by atoms with E-state index < -0.39 is 0 Å². The number of thioether (sulfide) groups is 1. The number of para-hydroxylation sites is 1. The van der Waals surface area contributed by atoms with Gasteiger partial charge in [-0.25, -0.2) is 4.98 Å². The maximum absolute atomic E-state index is 13.3. The van der Waals surface area contributed by atoms with Gasteiger partial charge in [0.2, 0.25) is 0 Å². The molecule has 122 valence electrons. The van der Waals surface area contributed by atoms with Crippen molar-refractivity contribution in [3.8, 4) is 5.69 Å². The molecule has 0 unspecified atom stereocenters. The average Bonchev–Trinajstić information content (AvgIpc) is 3.14. The lowest BCUT2D eigenvalue weighted by atomic mass is 10.2. The number of nitrogens with zero attached hydrogens (tertiary/aromatic N) is 2. The molecule has 0 spiro atoms. The maximum Gasteiger partial charge on any atom is 0.267 e. The molecule has 6 heteroatoms. The number of benzene rings is 1. The second-order valence-electron chi connectivity index (χ2n) is 5.71.